The summed E-state index contributed by atoms with van der Waals surface area (Å²) in [6.07, 6.45) is 12.0. The van der Waals surface area contributed by atoms with Crippen molar-refractivity contribution in [3.05, 3.63) is 0 Å². The Labute approximate surface area is 98.9 Å². The number of hydrogen-bond acceptors (Lipinski definition) is 2. The van der Waals surface area contributed by atoms with Gasteiger partial charge < -0.3 is 10.5 Å². The van der Waals surface area contributed by atoms with E-state index in [1.54, 1.807) is 0 Å². The molecule has 2 nitrogen and oxygen atoms in total. The third-order valence-corrected chi connectivity index (χ3v) is 5.28. The predicted molar refractivity (Wildman–Crippen MR) is 65.2 cm³/mol. The fourth-order valence-corrected chi connectivity index (χ4v) is 3.97. The van der Waals surface area contributed by atoms with Crippen LogP contribution in [0.1, 0.15) is 57.8 Å². The molecule has 2 aliphatic carbocycles. The molecular weight excluding hydrogens is 198 g/mol. The van der Waals surface area contributed by atoms with Gasteiger partial charge in [0.2, 0.25) is 0 Å². The van der Waals surface area contributed by atoms with Gasteiger partial charge in [0.25, 0.3) is 0 Å². The summed E-state index contributed by atoms with van der Waals surface area (Å²) in [5.74, 6) is 1.58. The molecule has 0 aromatic heterocycles. The van der Waals surface area contributed by atoms with E-state index in [4.69, 9.17) is 10.5 Å². The first-order chi connectivity index (χ1) is 7.79. The van der Waals surface area contributed by atoms with Crippen molar-refractivity contribution < 1.29 is 4.74 Å². The molecule has 2 atom stereocenters. The summed E-state index contributed by atoms with van der Waals surface area (Å²) in [7, 11) is 0. The Bertz CT molecular complexity index is 243. The Hall–Kier alpha value is -0.0800. The average Bonchev–Trinajstić information content (AvgIpc) is 2.64. The van der Waals surface area contributed by atoms with Crippen LogP contribution in [0.3, 0.4) is 0 Å². The minimum Gasteiger partial charge on any atom is -0.375 e. The molecule has 0 aromatic carbocycles. The van der Waals surface area contributed by atoms with Gasteiger partial charge >= 0.3 is 0 Å². The van der Waals surface area contributed by atoms with E-state index in [2.05, 4.69) is 0 Å². The Morgan fingerprint density at radius 1 is 1.00 bits per heavy atom. The Morgan fingerprint density at radius 3 is 2.38 bits per heavy atom. The highest BCUT2D eigenvalue weighted by Crippen LogP contribution is 2.44. The summed E-state index contributed by atoms with van der Waals surface area (Å²) in [6, 6.07) is 0.468. The number of nitrogens with two attached hydrogens (primary N) is 1. The minimum atomic E-state index is 0.254. The molecule has 16 heavy (non-hydrogen) atoms. The van der Waals surface area contributed by atoms with Gasteiger partial charge in [0.1, 0.15) is 0 Å². The highest BCUT2D eigenvalue weighted by atomic mass is 16.5. The highest BCUT2D eigenvalue weighted by Gasteiger charge is 2.43. The maximum absolute atomic E-state index is 6.45. The van der Waals surface area contributed by atoms with E-state index in [-0.39, 0.29) is 5.60 Å². The second-order valence-electron chi connectivity index (χ2n) is 6.26. The van der Waals surface area contributed by atoms with Crippen LogP contribution >= 0.6 is 0 Å². The summed E-state index contributed by atoms with van der Waals surface area (Å²) < 4.78 is 6.08. The zero-order valence-corrected chi connectivity index (χ0v) is 10.3. The molecule has 1 saturated heterocycles. The van der Waals surface area contributed by atoms with Crippen LogP contribution in [0.5, 0.6) is 0 Å². The second-order valence-corrected chi connectivity index (χ2v) is 6.26. The summed E-state index contributed by atoms with van der Waals surface area (Å²) in [4.78, 5) is 0. The fraction of sp³-hybridized carbons (Fsp3) is 1.00. The van der Waals surface area contributed by atoms with Crippen molar-refractivity contribution in [2.24, 2.45) is 17.6 Å². The van der Waals surface area contributed by atoms with E-state index in [1.807, 2.05) is 0 Å². The monoisotopic (exact) mass is 223 g/mol. The molecular formula is C14H25NO. The summed E-state index contributed by atoms with van der Waals surface area (Å²) in [6.45, 7) is 0.963. The van der Waals surface area contributed by atoms with E-state index in [0.717, 1.165) is 18.4 Å². The van der Waals surface area contributed by atoms with Crippen molar-refractivity contribution in [1.82, 2.24) is 0 Å². The molecule has 3 fully saturated rings. The van der Waals surface area contributed by atoms with E-state index in [0.29, 0.717) is 6.04 Å². The van der Waals surface area contributed by atoms with Crippen molar-refractivity contribution in [2.45, 2.75) is 69.4 Å². The number of hydrogen-bond donors (Lipinski definition) is 1. The van der Waals surface area contributed by atoms with Crippen molar-refractivity contribution in [3.63, 3.8) is 0 Å². The van der Waals surface area contributed by atoms with Crippen LogP contribution in [0.2, 0.25) is 0 Å². The van der Waals surface area contributed by atoms with Crippen LogP contribution in [0, 0.1) is 11.8 Å². The zero-order valence-electron chi connectivity index (χ0n) is 10.3. The average molecular weight is 223 g/mol. The van der Waals surface area contributed by atoms with Crippen molar-refractivity contribution in [2.75, 3.05) is 6.61 Å². The Kier molecular flexibility index (Phi) is 2.97. The first kappa shape index (κ1) is 11.0. The third kappa shape index (κ3) is 1.91. The smallest absolute Gasteiger partial charge is 0.0685 e. The molecule has 2 heteroatoms. The maximum atomic E-state index is 6.45. The molecule has 0 bridgehead atoms. The van der Waals surface area contributed by atoms with Gasteiger partial charge in [-0.2, -0.15) is 0 Å². The first-order valence-corrected chi connectivity index (χ1v) is 7.19. The third-order valence-electron chi connectivity index (χ3n) is 5.28. The molecule has 1 heterocycles. The molecule has 0 aromatic rings. The molecule has 2 saturated carbocycles. The van der Waals surface area contributed by atoms with Gasteiger partial charge in [-0.25, -0.2) is 0 Å². The van der Waals surface area contributed by atoms with Crippen LogP contribution in [-0.2, 0) is 4.74 Å². The minimum absolute atomic E-state index is 0.254. The van der Waals surface area contributed by atoms with Crippen LogP contribution in [0.4, 0.5) is 0 Å². The van der Waals surface area contributed by atoms with Gasteiger partial charge in [-0.3, -0.25) is 0 Å². The Balaban J connectivity index is 1.62. The first-order valence-electron chi connectivity index (χ1n) is 7.19. The van der Waals surface area contributed by atoms with Crippen molar-refractivity contribution in [1.29, 1.82) is 0 Å². The van der Waals surface area contributed by atoms with Crippen LogP contribution in [0.15, 0.2) is 0 Å². The lowest BCUT2D eigenvalue weighted by Crippen LogP contribution is -2.48. The fourth-order valence-electron chi connectivity index (χ4n) is 3.97. The largest absolute Gasteiger partial charge is 0.375 e. The summed E-state index contributed by atoms with van der Waals surface area (Å²) in [5, 5.41) is 0. The van der Waals surface area contributed by atoms with Crippen molar-refractivity contribution in [3.8, 4) is 0 Å². The van der Waals surface area contributed by atoms with Crippen molar-refractivity contribution >= 4 is 0 Å². The van der Waals surface area contributed by atoms with Crippen LogP contribution in [-0.4, -0.2) is 18.2 Å². The highest BCUT2D eigenvalue weighted by molar-refractivity contribution is 4.96. The molecule has 2 unspecified atom stereocenters. The lowest BCUT2D eigenvalue weighted by Gasteiger charge is -2.44. The molecule has 1 spiro atoms. The topological polar surface area (TPSA) is 35.2 Å². The molecule has 92 valence electrons. The number of ether oxygens (including phenoxy) is 1. The van der Waals surface area contributed by atoms with E-state index < -0.39 is 0 Å². The van der Waals surface area contributed by atoms with E-state index in [1.165, 1.54) is 57.8 Å². The summed E-state index contributed by atoms with van der Waals surface area (Å²) in [5.41, 5.74) is 6.70. The quantitative estimate of drug-likeness (QED) is 0.781. The molecule has 3 rings (SSSR count). The molecule has 2 N–H and O–H groups in total. The van der Waals surface area contributed by atoms with Gasteiger partial charge in [0, 0.05) is 12.6 Å². The van der Waals surface area contributed by atoms with E-state index in [9.17, 15) is 0 Å². The van der Waals surface area contributed by atoms with Gasteiger partial charge in [0.15, 0.2) is 0 Å². The molecule has 3 aliphatic rings. The van der Waals surface area contributed by atoms with Gasteiger partial charge in [-0.1, -0.05) is 19.3 Å². The van der Waals surface area contributed by atoms with E-state index >= 15 is 0 Å². The standard InChI is InChI=1S/C14H25NO/c15-13(11-4-3-5-11)12-6-9-16-14(10-12)7-1-2-8-14/h11-13H,1-10,15H2. The molecule has 0 amide bonds. The number of rotatable bonds is 2. The van der Waals surface area contributed by atoms with Crippen LogP contribution < -0.4 is 5.73 Å². The van der Waals surface area contributed by atoms with Gasteiger partial charge in [0.05, 0.1) is 5.60 Å². The van der Waals surface area contributed by atoms with Gasteiger partial charge in [-0.05, 0) is 50.4 Å². The lowest BCUT2D eigenvalue weighted by atomic mass is 9.70. The predicted octanol–water partition coefficient (Wildman–Crippen LogP) is 2.85. The summed E-state index contributed by atoms with van der Waals surface area (Å²) >= 11 is 0. The van der Waals surface area contributed by atoms with Crippen LogP contribution in [0.25, 0.3) is 0 Å². The normalized spacial score (nSPS) is 36.2. The Morgan fingerprint density at radius 2 is 1.75 bits per heavy atom. The zero-order chi connectivity index (χ0) is 11.0. The second kappa shape index (κ2) is 4.30. The lowest BCUT2D eigenvalue weighted by molar-refractivity contribution is -0.100. The SMILES string of the molecule is NC(C1CCC1)C1CCOC2(CCCC2)C1. The molecule has 1 aliphatic heterocycles. The van der Waals surface area contributed by atoms with Gasteiger partial charge in [-0.15, -0.1) is 0 Å². The molecule has 0 radical (unpaired) electrons. The maximum Gasteiger partial charge on any atom is 0.0685 e.